The van der Waals surface area contributed by atoms with Crippen LogP contribution in [0.2, 0.25) is 0 Å². The van der Waals surface area contributed by atoms with Gasteiger partial charge in [0.1, 0.15) is 5.82 Å². The van der Waals surface area contributed by atoms with E-state index in [0.29, 0.717) is 18.1 Å². The minimum Gasteiger partial charge on any atom is -0.373 e. The summed E-state index contributed by atoms with van der Waals surface area (Å²) in [5.41, 5.74) is 2.28. The number of rotatable bonds is 2. The highest BCUT2D eigenvalue weighted by Crippen LogP contribution is 2.39. The topological polar surface area (TPSA) is 9.23 Å². The van der Waals surface area contributed by atoms with Gasteiger partial charge in [-0.2, -0.15) is 13.2 Å². The van der Waals surface area contributed by atoms with Crippen molar-refractivity contribution in [2.45, 2.75) is 52.8 Å². The van der Waals surface area contributed by atoms with E-state index in [1.807, 2.05) is 26.0 Å². The Bertz CT molecular complexity index is 823. The Morgan fingerprint density at radius 2 is 1.59 bits per heavy atom. The highest BCUT2D eigenvalue weighted by molar-refractivity contribution is 5.72. The molecular weight excluding hydrogens is 356 g/mol. The van der Waals surface area contributed by atoms with Gasteiger partial charge in [-0.25, -0.2) is 4.39 Å². The molecule has 1 fully saturated rings. The quantitative estimate of drug-likeness (QED) is 0.514. The average Bonchev–Trinajstić information content (AvgIpc) is 2.56. The summed E-state index contributed by atoms with van der Waals surface area (Å²) < 4.78 is 60.0. The molecule has 0 amide bonds. The van der Waals surface area contributed by atoms with E-state index in [1.165, 1.54) is 6.07 Å². The first kappa shape index (κ1) is 19.9. The summed E-state index contributed by atoms with van der Waals surface area (Å²) in [4.78, 5) is 0. The number of halogens is 4. The normalized spacial score (nSPS) is 20.7. The molecule has 0 saturated carbocycles. The van der Waals surface area contributed by atoms with Gasteiger partial charge >= 0.3 is 6.18 Å². The first-order valence-electron chi connectivity index (χ1n) is 9.18. The Kier molecular flexibility index (Phi) is 5.35. The molecule has 0 spiro atoms. The molecule has 146 valence electrons. The van der Waals surface area contributed by atoms with Gasteiger partial charge in [0.25, 0.3) is 0 Å². The lowest BCUT2D eigenvalue weighted by Gasteiger charge is -2.28. The maximum absolute atomic E-state index is 14.2. The molecule has 1 aliphatic heterocycles. The van der Waals surface area contributed by atoms with Crippen LogP contribution in [0.25, 0.3) is 11.1 Å². The van der Waals surface area contributed by atoms with Gasteiger partial charge in [-0.3, -0.25) is 0 Å². The standard InChI is InChI=1S/C22H24F4O/c1-12-5-6-20(27-11-12)16-7-13(2)21(14(3)8-16)17-9-18(22(24,25)26)15(4)19(23)10-17/h7-10,12,20H,5-6,11H2,1-4H3. The minimum atomic E-state index is -4.59. The van der Waals surface area contributed by atoms with Crippen LogP contribution in [0.1, 0.15) is 53.7 Å². The fourth-order valence-corrected chi connectivity index (χ4v) is 3.90. The van der Waals surface area contributed by atoms with Crippen LogP contribution in [0.4, 0.5) is 17.6 Å². The van der Waals surface area contributed by atoms with Crippen LogP contribution in [0.15, 0.2) is 24.3 Å². The van der Waals surface area contributed by atoms with Crippen molar-refractivity contribution >= 4 is 0 Å². The fourth-order valence-electron chi connectivity index (χ4n) is 3.90. The number of benzene rings is 2. The van der Waals surface area contributed by atoms with Crippen molar-refractivity contribution in [2.75, 3.05) is 6.61 Å². The lowest BCUT2D eigenvalue weighted by Crippen LogP contribution is -2.18. The molecule has 1 heterocycles. The molecule has 2 aromatic carbocycles. The summed E-state index contributed by atoms with van der Waals surface area (Å²) in [5, 5.41) is 0. The molecule has 2 aromatic rings. The third kappa shape index (κ3) is 4.03. The highest BCUT2D eigenvalue weighted by Gasteiger charge is 2.34. The van der Waals surface area contributed by atoms with Crippen LogP contribution < -0.4 is 0 Å². The van der Waals surface area contributed by atoms with Crippen LogP contribution >= 0.6 is 0 Å². The molecule has 5 heteroatoms. The summed E-state index contributed by atoms with van der Waals surface area (Å²) in [6, 6.07) is 6.15. The molecule has 0 radical (unpaired) electrons. The smallest absolute Gasteiger partial charge is 0.373 e. The van der Waals surface area contributed by atoms with Crippen molar-refractivity contribution in [3.63, 3.8) is 0 Å². The summed E-state index contributed by atoms with van der Waals surface area (Å²) in [6.07, 6.45) is -2.57. The second-order valence-electron chi connectivity index (χ2n) is 7.66. The third-order valence-electron chi connectivity index (χ3n) is 5.37. The second kappa shape index (κ2) is 7.27. The molecule has 2 unspecified atom stereocenters. The van der Waals surface area contributed by atoms with Crippen molar-refractivity contribution in [3.8, 4) is 11.1 Å². The first-order valence-corrected chi connectivity index (χ1v) is 9.18. The van der Waals surface area contributed by atoms with Gasteiger partial charge in [0.15, 0.2) is 0 Å². The summed E-state index contributed by atoms with van der Waals surface area (Å²) in [7, 11) is 0. The fraction of sp³-hybridized carbons (Fsp3) is 0.455. The predicted molar refractivity (Wildman–Crippen MR) is 98.1 cm³/mol. The average molecular weight is 380 g/mol. The zero-order valence-corrected chi connectivity index (χ0v) is 16.0. The zero-order valence-electron chi connectivity index (χ0n) is 16.0. The zero-order chi connectivity index (χ0) is 19.9. The van der Waals surface area contributed by atoms with Crippen LogP contribution in [0.3, 0.4) is 0 Å². The van der Waals surface area contributed by atoms with Crippen molar-refractivity contribution in [2.24, 2.45) is 5.92 Å². The number of alkyl halides is 3. The number of hydrogen-bond acceptors (Lipinski definition) is 1. The molecule has 1 saturated heterocycles. The predicted octanol–water partition coefficient (Wildman–Crippen LogP) is 6.92. The van der Waals surface area contributed by atoms with Crippen molar-refractivity contribution in [3.05, 3.63) is 57.9 Å². The van der Waals surface area contributed by atoms with Gasteiger partial charge in [-0.05, 0) is 85.0 Å². The van der Waals surface area contributed by atoms with E-state index in [1.54, 1.807) is 0 Å². The van der Waals surface area contributed by atoms with Gasteiger partial charge in [0.05, 0.1) is 11.7 Å². The van der Waals surface area contributed by atoms with Crippen LogP contribution in [-0.2, 0) is 10.9 Å². The Labute approximate surface area is 157 Å². The van der Waals surface area contributed by atoms with Crippen molar-refractivity contribution in [1.82, 2.24) is 0 Å². The molecule has 0 aromatic heterocycles. The number of aryl methyl sites for hydroxylation is 2. The Hall–Kier alpha value is -1.88. The van der Waals surface area contributed by atoms with E-state index in [-0.39, 0.29) is 17.2 Å². The van der Waals surface area contributed by atoms with E-state index in [9.17, 15) is 17.6 Å². The molecule has 27 heavy (non-hydrogen) atoms. The van der Waals surface area contributed by atoms with E-state index in [0.717, 1.165) is 42.5 Å². The number of hydrogen-bond donors (Lipinski definition) is 0. The monoisotopic (exact) mass is 380 g/mol. The van der Waals surface area contributed by atoms with Gasteiger partial charge in [-0.15, -0.1) is 0 Å². The maximum Gasteiger partial charge on any atom is 0.416 e. The SMILES string of the molecule is Cc1cc(C2CCC(C)CO2)cc(C)c1-c1cc(F)c(C)c(C(F)(F)F)c1. The Morgan fingerprint density at radius 1 is 0.963 bits per heavy atom. The molecule has 0 N–H and O–H groups in total. The van der Waals surface area contributed by atoms with Crippen molar-refractivity contribution < 1.29 is 22.3 Å². The third-order valence-corrected chi connectivity index (χ3v) is 5.37. The van der Waals surface area contributed by atoms with Crippen LogP contribution in [-0.4, -0.2) is 6.61 Å². The minimum absolute atomic E-state index is 0.00754. The molecule has 0 aliphatic carbocycles. The van der Waals surface area contributed by atoms with E-state index in [4.69, 9.17) is 4.74 Å². The Morgan fingerprint density at radius 3 is 2.11 bits per heavy atom. The number of ether oxygens (including phenoxy) is 1. The molecule has 2 atom stereocenters. The van der Waals surface area contributed by atoms with Gasteiger partial charge < -0.3 is 4.74 Å². The maximum atomic E-state index is 14.2. The van der Waals surface area contributed by atoms with Gasteiger partial charge in [0, 0.05) is 6.61 Å². The molecule has 1 nitrogen and oxygen atoms in total. The lowest BCUT2D eigenvalue weighted by molar-refractivity contribution is -0.138. The van der Waals surface area contributed by atoms with Crippen molar-refractivity contribution in [1.29, 1.82) is 0 Å². The summed E-state index contributed by atoms with van der Waals surface area (Å²) in [5.74, 6) is -0.300. The van der Waals surface area contributed by atoms with E-state index in [2.05, 4.69) is 6.92 Å². The molecule has 3 rings (SSSR count). The summed E-state index contributed by atoms with van der Waals surface area (Å²) in [6.45, 7) is 7.72. The van der Waals surface area contributed by atoms with E-state index < -0.39 is 17.6 Å². The first-order chi connectivity index (χ1) is 12.6. The van der Waals surface area contributed by atoms with Gasteiger partial charge in [0.2, 0.25) is 0 Å². The molecule has 1 aliphatic rings. The van der Waals surface area contributed by atoms with Gasteiger partial charge in [-0.1, -0.05) is 19.1 Å². The summed E-state index contributed by atoms with van der Waals surface area (Å²) >= 11 is 0. The van der Waals surface area contributed by atoms with E-state index >= 15 is 0 Å². The Balaban J connectivity index is 2.04. The largest absolute Gasteiger partial charge is 0.416 e. The second-order valence-corrected chi connectivity index (χ2v) is 7.66. The lowest BCUT2D eigenvalue weighted by atomic mass is 9.88. The van der Waals surface area contributed by atoms with Crippen LogP contribution in [0.5, 0.6) is 0 Å². The van der Waals surface area contributed by atoms with Crippen LogP contribution in [0, 0.1) is 32.5 Å². The molecule has 0 bridgehead atoms. The molecular formula is C22H24F4O. The highest BCUT2D eigenvalue weighted by atomic mass is 19.4.